The van der Waals surface area contributed by atoms with Gasteiger partial charge >= 0.3 is 0 Å². The number of nitriles is 1. The Balaban J connectivity index is 2.19. The first-order chi connectivity index (χ1) is 9.76. The van der Waals surface area contributed by atoms with Crippen LogP contribution in [0.25, 0.3) is 0 Å². The molecule has 0 bridgehead atoms. The maximum atomic E-state index is 13.8. The Hall–Kier alpha value is -1.60. The fourth-order valence-electron chi connectivity index (χ4n) is 2.81. The fraction of sp³-hybridized carbons (Fsp3) is 0.562. The second-order valence-corrected chi connectivity index (χ2v) is 5.34. The summed E-state index contributed by atoms with van der Waals surface area (Å²) in [5.74, 6) is -0.428. The van der Waals surface area contributed by atoms with E-state index in [1.807, 2.05) is 12.1 Å². The van der Waals surface area contributed by atoms with Crippen molar-refractivity contribution in [2.45, 2.75) is 38.6 Å². The number of nitrogens with one attached hydrogen (secondary N) is 1. The summed E-state index contributed by atoms with van der Waals surface area (Å²) >= 11 is 0. The molecule has 2 rings (SSSR count). The Morgan fingerprint density at radius 1 is 1.45 bits per heavy atom. The molecule has 3 nitrogen and oxygen atoms in total. The summed E-state index contributed by atoms with van der Waals surface area (Å²) < 4.78 is 13.8. The second-order valence-electron chi connectivity index (χ2n) is 5.34. The first kappa shape index (κ1) is 14.8. The van der Waals surface area contributed by atoms with Gasteiger partial charge in [0.2, 0.25) is 0 Å². The highest BCUT2D eigenvalue weighted by Gasteiger charge is 2.19. The summed E-state index contributed by atoms with van der Waals surface area (Å²) in [5.41, 5.74) is 0.887. The Kier molecular flexibility index (Phi) is 5.37. The highest BCUT2D eigenvalue weighted by atomic mass is 19.1. The van der Waals surface area contributed by atoms with Gasteiger partial charge in [0, 0.05) is 19.1 Å². The number of halogens is 1. The van der Waals surface area contributed by atoms with Crippen LogP contribution in [0, 0.1) is 17.1 Å². The third-order valence-electron chi connectivity index (χ3n) is 3.79. The van der Waals surface area contributed by atoms with Gasteiger partial charge in [-0.05, 0) is 37.9 Å². The van der Waals surface area contributed by atoms with Crippen LogP contribution in [0.1, 0.15) is 38.2 Å². The van der Waals surface area contributed by atoms with Crippen LogP contribution in [0.2, 0.25) is 0 Å². The summed E-state index contributed by atoms with van der Waals surface area (Å²) in [6, 6.07) is 7.32. The third kappa shape index (κ3) is 3.49. The number of rotatable bonds is 5. The van der Waals surface area contributed by atoms with E-state index in [1.165, 1.54) is 18.9 Å². The van der Waals surface area contributed by atoms with E-state index in [-0.39, 0.29) is 5.56 Å². The molecule has 1 aromatic carbocycles. The molecular weight excluding hydrogens is 253 g/mol. The Bertz CT molecular complexity index is 475. The Labute approximate surface area is 120 Å². The van der Waals surface area contributed by atoms with Crippen molar-refractivity contribution in [2.75, 3.05) is 24.5 Å². The smallest absolute Gasteiger partial charge is 0.143 e. The molecule has 4 heteroatoms. The van der Waals surface area contributed by atoms with Gasteiger partial charge < -0.3 is 10.2 Å². The van der Waals surface area contributed by atoms with Crippen molar-refractivity contribution in [3.8, 4) is 6.07 Å². The molecule has 0 spiro atoms. The predicted molar refractivity (Wildman–Crippen MR) is 79.3 cm³/mol. The SMILES string of the molecule is CCCN(CC1CCCCN1)c1cccc(F)c1C#N. The largest absolute Gasteiger partial charge is 0.369 e. The van der Waals surface area contributed by atoms with Gasteiger partial charge in [0.25, 0.3) is 0 Å². The van der Waals surface area contributed by atoms with Crippen molar-refractivity contribution in [1.82, 2.24) is 5.32 Å². The van der Waals surface area contributed by atoms with E-state index in [4.69, 9.17) is 0 Å². The first-order valence-corrected chi connectivity index (χ1v) is 7.43. The zero-order chi connectivity index (χ0) is 14.4. The molecule has 1 heterocycles. The van der Waals surface area contributed by atoms with Crippen LogP contribution in [-0.4, -0.2) is 25.7 Å². The minimum atomic E-state index is -0.428. The van der Waals surface area contributed by atoms with Gasteiger partial charge in [-0.15, -0.1) is 0 Å². The van der Waals surface area contributed by atoms with E-state index in [9.17, 15) is 9.65 Å². The maximum Gasteiger partial charge on any atom is 0.143 e. The van der Waals surface area contributed by atoms with Crippen molar-refractivity contribution in [1.29, 1.82) is 5.26 Å². The zero-order valence-electron chi connectivity index (χ0n) is 12.0. The maximum absolute atomic E-state index is 13.8. The lowest BCUT2D eigenvalue weighted by molar-refractivity contribution is 0.399. The molecule has 1 aliphatic rings. The van der Waals surface area contributed by atoms with E-state index in [2.05, 4.69) is 17.1 Å². The van der Waals surface area contributed by atoms with Gasteiger partial charge in [0.1, 0.15) is 17.4 Å². The molecule has 1 fully saturated rings. The topological polar surface area (TPSA) is 39.1 Å². The Morgan fingerprint density at radius 2 is 2.30 bits per heavy atom. The summed E-state index contributed by atoms with van der Waals surface area (Å²) in [6.45, 7) is 4.84. The van der Waals surface area contributed by atoms with E-state index in [1.54, 1.807) is 6.07 Å². The quantitative estimate of drug-likeness (QED) is 0.897. The van der Waals surface area contributed by atoms with Gasteiger partial charge in [-0.1, -0.05) is 19.4 Å². The molecule has 0 amide bonds. The van der Waals surface area contributed by atoms with Crippen LogP contribution < -0.4 is 10.2 Å². The molecule has 20 heavy (non-hydrogen) atoms. The molecule has 0 radical (unpaired) electrons. The molecule has 0 aliphatic carbocycles. The van der Waals surface area contributed by atoms with Gasteiger partial charge in [0.05, 0.1) is 5.69 Å². The lowest BCUT2D eigenvalue weighted by Gasteiger charge is -2.32. The van der Waals surface area contributed by atoms with E-state index in [0.717, 1.165) is 38.2 Å². The van der Waals surface area contributed by atoms with Gasteiger partial charge in [-0.25, -0.2) is 4.39 Å². The minimum Gasteiger partial charge on any atom is -0.369 e. The first-order valence-electron chi connectivity index (χ1n) is 7.43. The summed E-state index contributed by atoms with van der Waals surface area (Å²) in [6.07, 6.45) is 4.60. The lowest BCUT2D eigenvalue weighted by Crippen LogP contribution is -2.44. The van der Waals surface area contributed by atoms with Crippen LogP contribution >= 0.6 is 0 Å². The number of anilines is 1. The number of piperidine rings is 1. The summed E-state index contributed by atoms with van der Waals surface area (Å²) in [7, 11) is 0. The number of nitrogens with zero attached hydrogens (tertiary/aromatic N) is 2. The van der Waals surface area contributed by atoms with Crippen molar-refractivity contribution in [3.05, 3.63) is 29.6 Å². The highest BCUT2D eigenvalue weighted by Crippen LogP contribution is 2.24. The molecule has 108 valence electrons. The molecule has 1 atom stereocenters. The molecule has 1 saturated heterocycles. The average molecular weight is 275 g/mol. The van der Waals surface area contributed by atoms with Crippen molar-refractivity contribution in [2.24, 2.45) is 0 Å². The monoisotopic (exact) mass is 275 g/mol. The average Bonchev–Trinajstić information content (AvgIpc) is 2.47. The molecule has 1 aliphatic heterocycles. The van der Waals surface area contributed by atoms with Crippen LogP contribution in [0.4, 0.5) is 10.1 Å². The van der Waals surface area contributed by atoms with Crippen molar-refractivity contribution >= 4 is 5.69 Å². The molecule has 1 N–H and O–H groups in total. The van der Waals surface area contributed by atoms with E-state index in [0.29, 0.717) is 6.04 Å². The summed E-state index contributed by atoms with van der Waals surface area (Å²) in [5, 5.41) is 12.7. The molecule has 0 saturated carbocycles. The molecule has 0 aromatic heterocycles. The molecular formula is C16H22FN3. The van der Waals surface area contributed by atoms with Crippen LogP contribution in [-0.2, 0) is 0 Å². The zero-order valence-corrected chi connectivity index (χ0v) is 12.0. The number of hydrogen-bond acceptors (Lipinski definition) is 3. The third-order valence-corrected chi connectivity index (χ3v) is 3.79. The van der Waals surface area contributed by atoms with Crippen molar-refractivity contribution < 1.29 is 4.39 Å². The number of hydrogen-bond donors (Lipinski definition) is 1. The number of benzene rings is 1. The highest BCUT2D eigenvalue weighted by molar-refractivity contribution is 5.60. The van der Waals surface area contributed by atoms with E-state index >= 15 is 0 Å². The van der Waals surface area contributed by atoms with Gasteiger partial charge in [-0.2, -0.15) is 5.26 Å². The van der Waals surface area contributed by atoms with Crippen LogP contribution in [0.5, 0.6) is 0 Å². The van der Waals surface area contributed by atoms with Crippen LogP contribution in [0.15, 0.2) is 18.2 Å². The molecule has 1 unspecified atom stereocenters. The molecule has 1 aromatic rings. The minimum absolute atomic E-state index is 0.164. The Morgan fingerprint density at radius 3 is 2.95 bits per heavy atom. The standard InChI is InChI=1S/C16H22FN3/c1-2-10-20(12-13-6-3-4-9-19-13)16-8-5-7-15(17)14(16)11-18/h5,7-8,13,19H,2-4,6,9-10,12H2,1H3. The normalized spacial score (nSPS) is 18.6. The van der Waals surface area contributed by atoms with E-state index < -0.39 is 5.82 Å². The van der Waals surface area contributed by atoms with Crippen molar-refractivity contribution in [3.63, 3.8) is 0 Å². The van der Waals surface area contributed by atoms with Gasteiger partial charge in [-0.3, -0.25) is 0 Å². The second kappa shape index (κ2) is 7.25. The fourth-order valence-corrected chi connectivity index (χ4v) is 2.81. The lowest BCUT2D eigenvalue weighted by atomic mass is 10.0. The van der Waals surface area contributed by atoms with Gasteiger partial charge in [0.15, 0.2) is 0 Å². The van der Waals surface area contributed by atoms with Crippen LogP contribution in [0.3, 0.4) is 0 Å². The summed E-state index contributed by atoms with van der Waals surface area (Å²) in [4.78, 5) is 2.14. The predicted octanol–water partition coefficient (Wildman–Crippen LogP) is 3.06.